The molecule has 0 radical (unpaired) electrons. The summed E-state index contributed by atoms with van der Waals surface area (Å²) in [7, 11) is 0. The van der Waals surface area contributed by atoms with E-state index in [1.54, 1.807) is 29.2 Å². The van der Waals surface area contributed by atoms with Crippen LogP contribution in [-0.2, 0) is 5.41 Å². The van der Waals surface area contributed by atoms with Gasteiger partial charge in [-0.15, -0.1) is 0 Å². The Bertz CT molecular complexity index is 1480. The third kappa shape index (κ3) is 5.27. The Morgan fingerprint density at radius 3 is 2.65 bits per heavy atom. The molecule has 0 saturated heterocycles. The highest BCUT2D eigenvalue weighted by Gasteiger charge is 2.22. The van der Waals surface area contributed by atoms with E-state index in [0.29, 0.717) is 29.6 Å². The smallest absolute Gasteiger partial charge is 0.324 e. The van der Waals surface area contributed by atoms with E-state index >= 15 is 0 Å². The van der Waals surface area contributed by atoms with E-state index in [2.05, 4.69) is 31.0 Å². The second-order valence-corrected chi connectivity index (χ2v) is 9.43. The summed E-state index contributed by atoms with van der Waals surface area (Å²) >= 11 is 0. The van der Waals surface area contributed by atoms with Crippen molar-refractivity contribution in [3.63, 3.8) is 0 Å². The van der Waals surface area contributed by atoms with Gasteiger partial charge in [0.1, 0.15) is 23.1 Å². The standard InChI is InChI=1S/C27H26FN7O2/c1-27(2,3)22-16-23(35(34-22)17-7-5-4-6-8-17)33-26(36)32-20-10-9-18(15-19(20)28)37-21-11-12-30-25-24(21)29-13-14-31-25/h4-13,15-16H,14H2,1-3H3,(H,30,31)(H2,32,33,36). The Morgan fingerprint density at radius 1 is 1.08 bits per heavy atom. The highest BCUT2D eigenvalue weighted by molar-refractivity contribution is 5.99. The Labute approximate surface area is 213 Å². The minimum Gasteiger partial charge on any atom is -0.455 e. The Kier molecular flexibility index (Phi) is 6.31. The summed E-state index contributed by atoms with van der Waals surface area (Å²) in [5.41, 5.74) is 1.91. The number of ether oxygens (including phenoxy) is 1. The average Bonchev–Trinajstić information content (AvgIpc) is 3.31. The topological polar surface area (TPSA) is 105 Å². The van der Waals surface area contributed by atoms with E-state index in [-0.39, 0.29) is 16.9 Å². The maximum atomic E-state index is 14.9. The predicted octanol–water partition coefficient (Wildman–Crippen LogP) is 6.27. The summed E-state index contributed by atoms with van der Waals surface area (Å²) in [6.45, 7) is 6.69. The van der Waals surface area contributed by atoms with E-state index in [4.69, 9.17) is 4.74 Å². The number of amides is 2. The molecule has 2 aromatic carbocycles. The molecule has 2 aromatic heterocycles. The largest absolute Gasteiger partial charge is 0.455 e. The van der Waals surface area contributed by atoms with Crippen molar-refractivity contribution in [2.45, 2.75) is 26.2 Å². The number of aliphatic imine (C=N–C) groups is 1. The Morgan fingerprint density at radius 2 is 1.89 bits per heavy atom. The highest BCUT2D eigenvalue weighted by atomic mass is 19.1. The first-order valence-electron chi connectivity index (χ1n) is 11.7. The maximum Gasteiger partial charge on any atom is 0.324 e. The number of halogens is 1. The van der Waals surface area contributed by atoms with Crippen LogP contribution in [0.4, 0.5) is 32.2 Å². The van der Waals surface area contributed by atoms with Crippen molar-refractivity contribution >= 4 is 35.3 Å². The van der Waals surface area contributed by atoms with Crippen LogP contribution in [0.5, 0.6) is 11.5 Å². The highest BCUT2D eigenvalue weighted by Crippen LogP contribution is 2.38. The number of para-hydroxylation sites is 1. The maximum absolute atomic E-state index is 14.9. The number of pyridine rings is 1. The fourth-order valence-corrected chi connectivity index (χ4v) is 3.71. The lowest BCUT2D eigenvalue weighted by Gasteiger charge is -2.15. The van der Waals surface area contributed by atoms with Crippen LogP contribution in [0, 0.1) is 5.82 Å². The lowest BCUT2D eigenvalue weighted by molar-refractivity contribution is 0.262. The van der Waals surface area contributed by atoms with Gasteiger partial charge in [0.15, 0.2) is 11.6 Å². The zero-order valence-electron chi connectivity index (χ0n) is 20.6. The van der Waals surface area contributed by atoms with Crippen LogP contribution in [0.2, 0.25) is 0 Å². The number of anilines is 3. The van der Waals surface area contributed by atoms with Crippen molar-refractivity contribution in [1.29, 1.82) is 0 Å². The molecule has 0 atom stereocenters. The fraction of sp³-hybridized carbons (Fsp3) is 0.185. The van der Waals surface area contributed by atoms with Gasteiger partial charge in [-0.1, -0.05) is 39.0 Å². The number of urea groups is 1. The molecule has 1 aliphatic heterocycles. The molecule has 0 bridgehead atoms. The minimum absolute atomic E-state index is 0.00289. The summed E-state index contributed by atoms with van der Waals surface area (Å²) in [6.07, 6.45) is 3.29. The van der Waals surface area contributed by atoms with Gasteiger partial charge in [0.05, 0.1) is 23.6 Å². The van der Waals surface area contributed by atoms with E-state index in [9.17, 15) is 9.18 Å². The van der Waals surface area contributed by atoms with Gasteiger partial charge in [-0.2, -0.15) is 5.10 Å². The Balaban J connectivity index is 1.32. The van der Waals surface area contributed by atoms with Crippen molar-refractivity contribution in [2.24, 2.45) is 4.99 Å². The van der Waals surface area contributed by atoms with Crippen LogP contribution >= 0.6 is 0 Å². The molecule has 10 heteroatoms. The van der Waals surface area contributed by atoms with E-state index < -0.39 is 11.8 Å². The van der Waals surface area contributed by atoms with Crippen LogP contribution < -0.4 is 20.7 Å². The number of benzene rings is 2. The number of carbonyl (C=O) groups excluding carboxylic acids is 1. The van der Waals surface area contributed by atoms with Gasteiger partial charge in [0.25, 0.3) is 0 Å². The number of rotatable bonds is 5. The number of aromatic nitrogens is 3. The number of hydrogen-bond donors (Lipinski definition) is 3. The molecule has 188 valence electrons. The van der Waals surface area contributed by atoms with Crippen molar-refractivity contribution < 1.29 is 13.9 Å². The van der Waals surface area contributed by atoms with Gasteiger partial charge < -0.3 is 15.4 Å². The second-order valence-electron chi connectivity index (χ2n) is 9.43. The van der Waals surface area contributed by atoms with E-state index in [0.717, 1.165) is 11.4 Å². The van der Waals surface area contributed by atoms with Crippen LogP contribution in [0.1, 0.15) is 26.5 Å². The number of nitrogens with zero attached hydrogens (tertiary/aromatic N) is 4. The van der Waals surface area contributed by atoms with Gasteiger partial charge in [-0.25, -0.2) is 18.9 Å². The fourth-order valence-electron chi connectivity index (χ4n) is 3.71. The molecular formula is C27H26FN7O2. The molecule has 4 aromatic rings. The lowest BCUT2D eigenvalue weighted by Crippen LogP contribution is -2.21. The number of hydrogen-bond acceptors (Lipinski definition) is 6. The third-order valence-corrected chi connectivity index (χ3v) is 5.61. The Hall–Kier alpha value is -4.73. The van der Waals surface area contributed by atoms with Gasteiger partial charge in [0.2, 0.25) is 0 Å². The summed E-state index contributed by atoms with van der Waals surface area (Å²) < 4.78 is 22.4. The van der Waals surface area contributed by atoms with Crippen molar-refractivity contribution in [1.82, 2.24) is 14.8 Å². The summed E-state index contributed by atoms with van der Waals surface area (Å²) in [4.78, 5) is 21.4. The van der Waals surface area contributed by atoms with Gasteiger partial charge in [-0.05, 0) is 24.3 Å². The van der Waals surface area contributed by atoms with Gasteiger partial charge in [0, 0.05) is 36.0 Å². The van der Waals surface area contributed by atoms with E-state index in [1.165, 1.54) is 12.1 Å². The zero-order chi connectivity index (χ0) is 26.0. The van der Waals surface area contributed by atoms with Gasteiger partial charge >= 0.3 is 6.03 Å². The quantitative estimate of drug-likeness (QED) is 0.300. The first-order valence-corrected chi connectivity index (χ1v) is 11.7. The lowest BCUT2D eigenvalue weighted by atomic mass is 9.92. The molecule has 0 spiro atoms. The summed E-state index contributed by atoms with van der Waals surface area (Å²) in [6, 6.07) is 16.5. The SMILES string of the molecule is CC(C)(C)c1cc(NC(=O)Nc2ccc(Oc3ccnc4c3N=CCN4)cc2F)n(-c2ccccc2)n1. The third-order valence-electron chi connectivity index (χ3n) is 5.61. The molecule has 37 heavy (non-hydrogen) atoms. The summed E-state index contributed by atoms with van der Waals surface area (Å²) in [5, 5.41) is 13.1. The monoisotopic (exact) mass is 499 g/mol. The minimum atomic E-state index is -0.649. The first-order chi connectivity index (χ1) is 17.8. The zero-order valence-corrected chi connectivity index (χ0v) is 20.6. The molecule has 2 amide bonds. The molecule has 0 unspecified atom stereocenters. The molecule has 9 nitrogen and oxygen atoms in total. The van der Waals surface area contributed by atoms with Crippen LogP contribution in [0.25, 0.3) is 5.69 Å². The molecular weight excluding hydrogens is 473 g/mol. The second kappa shape index (κ2) is 9.73. The number of carbonyl (C=O) groups is 1. The normalized spacial score (nSPS) is 12.4. The summed E-state index contributed by atoms with van der Waals surface area (Å²) in [5.74, 6) is 1.11. The van der Waals surface area contributed by atoms with Crippen molar-refractivity contribution in [2.75, 3.05) is 22.5 Å². The first kappa shape index (κ1) is 24.0. The molecule has 3 N–H and O–H groups in total. The molecule has 1 aliphatic rings. The van der Waals surface area contributed by atoms with Crippen LogP contribution in [0.15, 0.2) is 71.9 Å². The van der Waals surface area contributed by atoms with E-state index in [1.807, 2.05) is 57.2 Å². The molecule has 5 rings (SSSR count). The molecule has 0 saturated carbocycles. The average molecular weight is 500 g/mol. The molecule has 0 fully saturated rings. The van der Waals surface area contributed by atoms with Crippen LogP contribution in [0.3, 0.4) is 0 Å². The van der Waals surface area contributed by atoms with Gasteiger partial charge in [-0.3, -0.25) is 10.3 Å². The number of nitrogens with one attached hydrogen (secondary N) is 3. The van der Waals surface area contributed by atoms with Crippen molar-refractivity contribution in [3.8, 4) is 17.2 Å². The van der Waals surface area contributed by atoms with Crippen molar-refractivity contribution in [3.05, 3.63) is 78.4 Å². The number of fused-ring (bicyclic) bond motifs is 1. The van der Waals surface area contributed by atoms with Crippen LogP contribution in [-0.4, -0.2) is 33.6 Å². The molecule has 0 aliphatic carbocycles. The predicted molar refractivity (Wildman–Crippen MR) is 142 cm³/mol. The molecule has 3 heterocycles.